The first kappa shape index (κ1) is 18.0. The van der Waals surface area contributed by atoms with Crippen LogP contribution in [0, 0.1) is 0 Å². The summed E-state index contributed by atoms with van der Waals surface area (Å²) in [5.41, 5.74) is 6.67. The van der Waals surface area contributed by atoms with Gasteiger partial charge in [0.25, 0.3) is 5.91 Å². The van der Waals surface area contributed by atoms with Crippen LogP contribution >= 0.6 is 23.1 Å². The number of carbonyl (C=O) groups excluding carboxylic acids is 1. The van der Waals surface area contributed by atoms with E-state index in [0.717, 1.165) is 29.1 Å². The Hall–Kier alpha value is -1.30. The van der Waals surface area contributed by atoms with E-state index in [4.69, 9.17) is 5.73 Å². The van der Waals surface area contributed by atoms with E-state index in [1.54, 1.807) is 23.1 Å². The Morgan fingerprint density at radius 3 is 2.61 bits per heavy atom. The van der Waals surface area contributed by atoms with E-state index >= 15 is 0 Å². The summed E-state index contributed by atoms with van der Waals surface area (Å²) >= 11 is 3.43. The van der Waals surface area contributed by atoms with Crippen molar-refractivity contribution in [1.29, 1.82) is 0 Å². The minimum Gasteiger partial charge on any atom is -0.350 e. The van der Waals surface area contributed by atoms with Crippen LogP contribution in [0.2, 0.25) is 0 Å². The van der Waals surface area contributed by atoms with Crippen molar-refractivity contribution in [2.75, 3.05) is 6.54 Å². The van der Waals surface area contributed by atoms with Crippen molar-refractivity contribution in [1.82, 2.24) is 5.32 Å². The maximum Gasteiger partial charge on any atom is 0.252 e. The number of thioether (sulfide) groups is 1. The highest BCUT2D eigenvalue weighted by Gasteiger charge is 2.22. The molecule has 0 aliphatic heterocycles. The summed E-state index contributed by atoms with van der Waals surface area (Å²) in [5.74, 6) is 0.836. The summed E-state index contributed by atoms with van der Waals surface area (Å²) in [4.78, 5) is 14.8. The molecule has 1 aromatic carbocycles. The zero-order valence-electron chi connectivity index (χ0n) is 13.7. The number of benzene rings is 1. The van der Waals surface area contributed by atoms with Crippen LogP contribution in [0.4, 0.5) is 0 Å². The van der Waals surface area contributed by atoms with Crippen molar-refractivity contribution in [3.63, 3.8) is 0 Å². The first-order chi connectivity index (χ1) is 11.1. The molecule has 23 heavy (non-hydrogen) atoms. The summed E-state index contributed by atoms with van der Waals surface area (Å²) in [6.07, 6.45) is 1.69. The molecule has 0 saturated heterocycles. The van der Waals surface area contributed by atoms with Gasteiger partial charge in [0.05, 0.1) is 5.56 Å². The lowest BCUT2D eigenvalue weighted by atomic mass is 9.94. The zero-order valence-corrected chi connectivity index (χ0v) is 15.3. The van der Waals surface area contributed by atoms with Crippen molar-refractivity contribution >= 4 is 29.0 Å². The van der Waals surface area contributed by atoms with E-state index in [1.165, 1.54) is 4.88 Å². The predicted octanol–water partition coefficient (Wildman–Crippen LogP) is 4.29. The summed E-state index contributed by atoms with van der Waals surface area (Å²) in [6, 6.07) is 11.9. The average molecular weight is 349 g/mol. The molecule has 1 amide bonds. The zero-order chi connectivity index (χ0) is 16.7. The van der Waals surface area contributed by atoms with Crippen LogP contribution in [0.3, 0.4) is 0 Å². The molecule has 1 heterocycles. The van der Waals surface area contributed by atoms with E-state index in [1.807, 2.05) is 24.3 Å². The Morgan fingerprint density at radius 1 is 1.22 bits per heavy atom. The maximum absolute atomic E-state index is 12.5. The Morgan fingerprint density at radius 2 is 1.96 bits per heavy atom. The molecule has 2 aromatic rings. The fourth-order valence-electron chi connectivity index (χ4n) is 2.18. The van der Waals surface area contributed by atoms with Gasteiger partial charge in [0, 0.05) is 27.6 Å². The molecule has 0 unspecified atom stereocenters. The Balaban J connectivity index is 2.02. The van der Waals surface area contributed by atoms with Gasteiger partial charge >= 0.3 is 0 Å². The number of hydrogen-bond acceptors (Lipinski definition) is 4. The standard InChI is InChI=1S/C18H24N2OS2/c1-3-18(19,4-2)13-20-17(21)15-9-5-6-10-16(15)23-12-14-8-7-11-22-14/h5-11H,3-4,12-13,19H2,1-2H3,(H,20,21). The molecule has 0 radical (unpaired) electrons. The second-order valence-corrected chi connectivity index (χ2v) is 7.67. The quantitative estimate of drug-likeness (QED) is 0.700. The van der Waals surface area contributed by atoms with Gasteiger partial charge in [0.1, 0.15) is 0 Å². The monoisotopic (exact) mass is 348 g/mol. The first-order valence-corrected chi connectivity index (χ1v) is 9.76. The molecule has 124 valence electrons. The van der Waals surface area contributed by atoms with Crippen LogP contribution in [0.15, 0.2) is 46.7 Å². The molecule has 0 saturated carbocycles. The van der Waals surface area contributed by atoms with Gasteiger partial charge in [-0.05, 0) is 36.4 Å². The van der Waals surface area contributed by atoms with E-state index in [9.17, 15) is 4.79 Å². The Labute approximate surface area is 146 Å². The summed E-state index contributed by atoms with van der Waals surface area (Å²) < 4.78 is 0. The lowest BCUT2D eigenvalue weighted by molar-refractivity contribution is 0.0939. The summed E-state index contributed by atoms with van der Waals surface area (Å²) in [7, 11) is 0. The number of rotatable bonds is 8. The van der Waals surface area contributed by atoms with E-state index < -0.39 is 0 Å². The molecular formula is C18H24N2OS2. The number of amides is 1. The molecule has 0 bridgehead atoms. The second kappa shape index (κ2) is 8.52. The third-order valence-electron chi connectivity index (χ3n) is 4.09. The fraction of sp³-hybridized carbons (Fsp3) is 0.389. The summed E-state index contributed by atoms with van der Waals surface area (Å²) in [5, 5.41) is 5.07. The Bertz CT molecular complexity index is 622. The fourth-order valence-corrected chi connectivity index (χ4v) is 4.00. The molecule has 3 nitrogen and oxygen atoms in total. The van der Waals surface area contributed by atoms with Crippen LogP contribution in [0.1, 0.15) is 41.9 Å². The average Bonchev–Trinajstić information content (AvgIpc) is 3.11. The van der Waals surface area contributed by atoms with Crippen molar-refractivity contribution in [2.24, 2.45) is 5.73 Å². The predicted molar refractivity (Wildman–Crippen MR) is 100 cm³/mol. The van der Waals surface area contributed by atoms with Gasteiger partial charge in [-0.25, -0.2) is 0 Å². The molecule has 5 heteroatoms. The second-order valence-electron chi connectivity index (χ2n) is 5.62. The number of nitrogens with one attached hydrogen (secondary N) is 1. The topological polar surface area (TPSA) is 55.1 Å². The van der Waals surface area contributed by atoms with Gasteiger partial charge in [0.2, 0.25) is 0 Å². The summed E-state index contributed by atoms with van der Waals surface area (Å²) in [6.45, 7) is 4.61. The highest BCUT2D eigenvalue weighted by atomic mass is 32.2. The van der Waals surface area contributed by atoms with Gasteiger partial charge in [0.15, 0.2) is 0 Å². The third-order valence-corrected chi connectivity index (χ3v) is 6.27. The molecule has 2 rings (SSSR count). The van der Waals surface area contributed by atoms with Crippen LogP contribution in [-0.4, -0.2) is 18.0 Å². The maximum atomic E-state index is 12.5. The van der Waals surface area contributed by atoms with E-state index in [-0.39, 0.29) is 11.4 Å². The van der Waals surface area contributed by atoms with Crippen LogP contribution in [-0.2, 0) is 5.75 Å². The normalized spacial score (nSPS) is 11.4. The molecule has 1 aromatic heterocycles. The first-order valence-electron chi connectivity index (χ1n) is 7.89. The number of nitrogens with two attached hydrogens (primary N) is 1. The van der Waals surface area contributed by atoms with Gasteiger partial charge in [-0.15, -0.1) is 23.1 Å². The van der Waals surface area contributed by atoms with Crippen molar-refractivity contribution in [2.45, 2.75) is 42.9 Å². The van der Waals surface area contributed by atoms with Gasteiger partial charge in [-0.3, -0.25) is 4.79 Å². The largest absolute Gasteiger partial charge is 0.350 e. The molecule has 3 N–H and O–H groups in total. The van der Waals surface area contributed by atoms with Crippen LogP contribution < -0.4 is 11.1 Å². The minimum absolute atomic E-state index is 0.0454. The number of thiophene rings is 1. The van der Waals surface area contributed by atoms with Crippen LogP contribution in [0.25, 0.3) is 0 Å². The number of carbonyl (C=O) groups is 1. The van der Waals surface area contributed by atoms with E-state index in [2.05, 4.69) is 36.7 Å². The lowest BCUT2D eigenvalue weighted by Crippen LogP contribution is -2.49. The Kier molecular flexibility index (Phi) is 6.69. The van der Waals surface area contributed by atoms with Crippen LogP contribution in [0.5, 0.6) is 0 Å². The lowest BCUT2D eigenvalue weighted by Gasteiger charge is -2.27. The van der Waals surface area contributed by atoms with E-state index in [0.29, 0.717) is 6.54 Å². The minimum atomic E-state index is -0.325. The van der Waals surface area contributed by atoms with Crippen molar-refractivity contribution in [3.05, 3.63) is 52.2 Å². The smallest absolute Gasteiger partial charge is 0.252 e. The highest BCUT2D eigenvalue weighted by molar-refractivity contribution is 7.98. The van der Waals surface area contributed by atoms with Crippen molar-refractivity contribution < 1.29 is 4.79 Å². The van der Waals surface area contributed by atoms with Crippen molar-refractivity contribution in [3.8, 4) is 0 Å². The molecule has 0 fully saturated rings. The van der Waals surface area contributed by atoms with Gasteiger partial charge in [-0.2, -0.15) is 0 Å². The molecular weight excluding hydrogens is 324 g/mol. The van der Waals surface area contributed by atoms with Gasteiger partial charge in [-0.1, -0.05) is 32.0 Å². The third kappa shape index (κ3) is 5.09. The molecule has 0 atom stereocenters. The molecule has 0 spiro atoms. The highest BCUT2D eigenvalue weighted by Crippen LogP contribution is 2.28. The SMILES string of the molecule is CCC(N)(CC)CNC(=O)c1ccccc1SCc1cccs1. The molecule has 0 aliphatic carbocycles. The van der Waals surface area contributed by atoms with Gasteiger partial charge < -0.3 is 11.1 Å². The molecule has 0 aliphatic rings. The number of hydrogen-bond donors (Lipinski definition) is 2.